The number of nitrogens with one attached hydrogen (secondary N) is 1. The van der Waals surface area contributed by atoms with Gasteiger partial charge in [0.2, 0.25) is 11.8 Å². The van der Waals surface area contributed by atoms with E-state index >= 15 is 0 Å². The van der Waals surface area contributed by atoms with Crippen molar-refractivity contribution in [3.05, 3.63) is 0 Å². The van der Waals surface area contributed by atoms with Crippen LogP contribution in [0.5, 0.6) is 0 Å². The largest absolute Gasteiger partial charge is 0.355 e. The molecule has 2 aliphatic rings. The van der Waals surface area contributed by atoms with Gasteiger partial charge in [-0.2, -0.15) is 0 Å². The monoisotopic (exact) mass is 317 g/mol. The first-order valence-electron chi connectivity index (χ1n) is 7.90. The van der Waals surface area contributed by atoms with Gasteiger partial charge in [-0.1, -0.05) is 13.3 Å². The van der Waals surface area contributed by atoms with Crippen molar-refractivity contribution in [2.45, 2.75) is 45.4 Å². The number of hydrogen-bond acceptors (Lipinski definition) is 3. The fraction of sp³-hybridized carbons (Fsp3) is 0.867. The molecule has 0 radical (unpaired) electrons. The van der Waals surface area contributed by atoms with Gasteiger partial charge in [0.1, 0.15) is 0 Å². The van der Waals surface area contributed by atoms with Gasteiger partial charge in [0.25, 0.3) is 0 Å². The molecule has 1 heterocycles. The molecule has 6 heteroatoms. The highest BCUT2D eigenvalue weighted by Crippen LogP contribution is 2.51. The highest BCUT2D eigenvalue weighted by molar-refractivity contribution is 5.86. The van der Waals surface area contributed by atoms with Gasteiger partial charge in [-0.3, -0.25) is 9.59 Å². The molecule has 3 N–H and O–H groups in total. The maximum absolute atomic E-state index is 12.6. The topological polar surface area (TPSA) is 75.4 Å². The summed E-state index contributed by atoms with van der Waals surface area (Å²) in [6.07, 6.45) is 5.91. The van der Waals surface area contributed by atoms with Crippen molar-refractivity contribution in [1.82, 2.24) is 10.2 Å². The Bertz CT molecular complexity index is 372. The molecule has 0 aromatic rings. The number of amides is 2. The Kier molecular flexibility index (Phi) is 6.94. The number of carbonyl (C=O) groups excluding carboxylic acids is 2. The zero-order valence-corrected chi connectivity index (χ0v) is 13.7. The van der Waals surface area contributed by atoms with Gasteiger partial charge in [-0.15, -0.1) is 12.4 Å². The number of rotatable bonds is 6. The predicted molar refractivity (Wildman–Crippen MR) is 85.2 cm³/mol. The number of halogens is 1. The molecule has 2 amide bonds. The molecule has 5 nitrogen and oxygen atoms in total. The van der Waals surface area contributed by atoms with Gasteiger partial charge >= 0.3 is 0 Å². The Balaban J connectivity index is 0.00000220. The molecule has 1 atom stereocenters. The van der Waals surface area contributed by atoms with Gasteiger partial charge < -0.3 is 16.0 Å². The minimum atomic E-state index is -0.0790. The van der Waals surface area contributed by atoms with E-state index in [0.717, 1.165) is 45.1 Å². The van der Waals surface area contributed by atoms with Crippen LogP contribution in [0.25, 0.3) is 0 Å². The lowest BCUT2D eigenvalue weighted by Crippen LogP contribution is -2.48. The van der Waals surface area contributed by atoms with E-state index in [2.05, 4.69) is 12.2 Å². The molecule has 2 fully saturated rings. The minimum Gasteiger partial charge on any atom is -0.355 e. The quantitative estimate of drug-likeness (QED) is 0.775. The summed E-state index contributed by atoms with van der Waals surface area (Å²) in [5.74, 6) is 0.278. The van der Waals surface area contributed by atoms with E-state index in [1.54, 1.807) is 0 Å². The van der Waals surface area contributed by atoms with Crippen molar-refractivity contribution in [3.8, 4) is 0 Å². The maximum atomic E-state index is 12.6. The summed E-state index contributed by atoms with van der Waals surface area (Å²) in [5, 5.41) is 2.84. The third kappa shape index (κ3) is 4.33. The van der Waals surface area contributed by atoms with Crippen molar-refractivity contribution in [2.75, 3.05) is 26.2 Å². The number of likely N-dealkylation sites (tertiary alicyclic amines) is 1. The van der Waals surface area contributed by atoms with Gasteiger partial charge in [-0.25, -0.2) is 0 Å². The van der Waals surface area contributed by atoms with E-state index in [-0.39, 0.29) is 35.6 Å². The fourth-order valence-electron chi connectivity index (χ4n) is 3.25. The van der Waals surface area contributed by atoms with Crippen molar-refractivity contribution < 1.29 is 9.59 Å². The first kappa shape index (κ1) is 18.2. The standard InChI is InChI=1S/C15H27N3O2.ClH/c1-2-5-15(6-7-15)14(20)18-10-3-4-12(11-18)13(19)17-9-8-16;/h12H,2-11,16H2,1H3,(H,17,19);1H. The summed E-state index contributed by atoms with van der Waals surface area (Å²) in [7, 11) is 0. The number of nitrogens with two attached hydrogens (primary N) is 1. The van der Waals surface area contributed by atoms with Crippen molar-refractivity contribution in [3.63, 3.8) is 0 Å². The number of carbonyl (C=O) groups is 2. The lowest BCUT2D eigenvalue weighted by atomic mass is 9.93. The summed E-state index contributed by atoms with van der Waals surface area (Å²) in [6.45, 7) is 4.50. The van der Waals surface area contributed by atoms with E-state index in [1.807, 2.05) is 4.90 Å². The molecule has 2 rings (SSSR count). The Hall–Kier alpha value is -0.810. The Labute approximate surface area is 133 Å². The lowest BCUT2D eigenvalue weighted by molar-refractivity contribution is -0.140. The molecular weight excluding hydrogens is 290 g/mol. The SMILES string of the molecule is CCCC1(C(=O)N2CCCC(C(=O)NCCN)C2)CC1.Cl. The van der Waals surface area contributed by atoms with E-state index in [1.165, 1.54) is 0 Å². The molecule has 1 aliphatic carbocycles. The highest BCUT2D eigenvalue weighted by atomic mass is 35.5. The molecule has 0 spiro atoms. The van der Waals surface area contributed by atoms with Gasteiger partial charge in [0.05, 0.1) is 5.92 Å². The van der Waals surface area contributed by atoms with Crippen LogP contribution in [-0.2, 0) is 9.59 Å². The van der Waals surface area contributed by atoms with E-state index in [4.69, 9.17) is 5.73 Å². The second-order valence-corrected chi connectivity index (χ2v) is 6.20. The van der Waals surface area contributed by atoms with Crippen LogP contribution in [0.3, 0.4) is 0 Å². The van der Waals surface area contributed by atoms with Gasteiger partial charge in [-0.05, 0) is 32.1 Å². The lowest BCUT2D eigenvalue weighted by Gasteiger charge is -2.34. The zero-order chi connectivity index (χ0) is 14.6. The van der Waals surface area contributed by atoms with E-state index < -0.39 is 0 Å². The summed E-state index contributed by atoms with van der Waals surface area (Å²) in [6, 6.07) is 0. The Morgan fingerprint density at radius 2 is 2.10 bits per heavy atom. The normalized spacial score (nSPS) is 23.1. The molecule has 1 saturated heterocycles. The molecule has 1 aliphatic heterocycles. The van der Waals surface area contributed by atoms with Crippen LogP contribution < -0.4 is 11.1 Å². The molecule has 0 bridgehead atoms. The molecule has 1 saturated carbocycles. The average Bonchev–Trinajstić information content (AvgIpc) is 3.25. The third-order valence-electron chi connectivity index (χ3n) is 4.56. The van der Waals surface area contributed by atoms with Gasteiger partial charge in [0, 0.05) is 31.6 Å². The summed E-state index contributed by atoms with van der Waals surface area (Å²) in [4.78, 5) is 26.6. The van der Waals surface area contributed by atoms with Crippen LogP contribution in [0.4, 0.5) is 0 Å². The summed E-state index contributed by atoms with van der Waals surface area (Å²) >= 11 is 0. The van der Waals surface area contributed by atoms with Crippen LogP contribution in [0.2, 0.25) is 0 Å². The van der Waals surface area contributed by atoms with Crippen molar-refractivity contribution in [2.24, 2.45) is 17.1 Å². The van der Waals surface area contributed by atoms with Crippen molar-refractivity contribution >= 4 is 24.2 Å². The number of piperidine rings is 1. The Morgan fingerprint density at radius 3 is 2.67 bits per heavy atom. The maximum Gasteiger partial charge on any atom is 0.228 e. The molecular formula is C15H28ClN3O2. The van der Waals surface area contributed by atoms with Crippen LogP contribution in [0.15, 0.2) is 0 Å². The molecule has 122 valence electrons. The summed E-state index contributed by atoms with van der Waals surface area (Å²) < 4.78 is 0. The third-order valence-corrected chi connectivity index (χ3v) is 4.56. The first-order chi connectivity index (χ1) is 9.63. The highest BCUT2D eigenvalue weighted by Gasteiger charge is 2.51. The van der Waals surface area contributed by atoms with Crippen LogP contribution >= 0.6 is 12.4 Å². The van der Waals surface area contributed by atoms with Crippen LogP contribution in [0.1, 0.15) is 45.4 Å². The Morgan fingerprint density at radius 1 is 1.38 bits per heavy atom. The average molecular weight is 318 g/mol. The van der Waals surface area contributed by atoms with E-state index in [9.17, 15) is 9.59 Å². The predicted octanol–water partition coefficient (Wildman–Crippen LogP) is 1.30. The zero-order valence-electron chi connectivity index (χ0n) is 12.9. The second kappa shape index (κ2) is 7.99. The first-order valence-corrected chi connectivity index (χ1v) is 7.90. The molecule has 0 aromatic heterocycles. The smallest absolute Gasteiger partial charge is 0.228 e. The summed E-state index contributed by atoms with van der Waals surface area (Å²) in [5.41, 5.74) is 5.32. The fourth-order valence-corrected chi connectivity index (χ4v) is 3.25. The number of hydrogen-bond donors (Lipinski definition) is 2. The molecule has 21 heavy (non-hydrogen) atoms. The minimum absolute atomic E-state index is 0. The molecule has 0 aromatic carbocycles. The van der Waals surface area contributed by atoms with Gasteiger partial charge in [0.15, 0.2) is 0 Å². The van der Waals surface area contributed by atoms with Crippen LogP contribution in [-0.4, -0.2) is 42.9 Å². The van der Waals surface area contributed by atoms with E-state index in [0.29, 0.717) is 19.6 Å². The van der Waals surface area contributed by atoms with Crippen LogP contribution in [0, 0.1) is 11.3 Å². The van der Waals surface area contributed by atoms with Crippen molar-refractivity contribution in [1.29, 1.82) is 0 Å². The number of nitrogens with zero attached hydrogens (tertiary/aromatic N) is 1. The second-order valence-electron chi connectivity index (χ2n) is 6.20. The molecule has 1 unspecified atom stereocenters.